The Hall–Kier alpha value is -1.32. The van der Waals surface area contributed by atoms with Crippen molar-refractivity contribution in [2.45, 2.75) is 24.4 Å². The van der Waals surface area contributed by atoms with Crippen LogP contribution in [-0.4, -0.2) is 38.8 Å². The Balaban J connectivity index is 3.16. The second-order valence-corrected chi connectivity index (χ2v) is 7.20. The lowest BCUT2D eigenvalue weighted by molar-refractivity contribution is -0.139. The minimum absolute atomic E-state index is 0.236. The van der Waals surface area contributed by atoms with E-state index in [-0.39, 0.29) is 5.02 Å². The molecule has 0 aliphatic heterocycles. The van der Waals surface area contributed by atoms with Crippen LogP contribution in [0.15, 0.2) is 23.1 Å². The van der Waals surface area contributed by atoms with Crippen molar-refractivity contribution in [2.24, 2.45) is 0 Å². The van der Waals surface area contributed by atoms with Crippen molar-refractivity contribution in [3.63, 3.8) is 0 Å². The molecule has 23 heavy (non-hydrogen) atoms. The van der Waals surface area contributed by atoms with Crippen LogP contribution in [0.4, 0.5) is 13.2 Å². The fraction of sp³-hybridized carbons (Fsp3) is 0.462. The first-order valence-electron chi connectivity index (χ1n) is 6.60. The Morgan fingerprint density at radius 2 is 1.96 bits per heavy atom. The molecule has 0 heterocycles. The Kier molecular flexibility index (Phi) is 6.43. The van der Waals surface area contributed by atoms with E-state index in [4.69, 9.17) is 11.6 Å². The number of sulfonamides is 1. The van der Waals surface area contributed by atoms with E-state index < -0.39 is 39.1 Å². The van der Waals surface area contributed by atoms with Crippen molar-refractivity contribution >= 4 is 27.5 Å². The largest absolute Gasteiger partial charge is 0.417 e. The molecule has 1 aromatic rings. The van der Waals surface area contributed by atoms with Crippen LogP contribution in [0.5, 0.6) is 0 Å². The third-order valence-electron chi connectivity index (χ3n) is 2.87. The van der Waals surface area contributed by atoms with E-state index in [0.29, 0.717) is 23.3 Å². The van der Waals surface area contributed by atoms with Crippen LogP contribution in [0.1, 0.15) is 18.9 Å². The lowest BCUT2D eigenvalue weighted by Crippen LogP contribution is -2.39. The molecule has 0 spiro atoms. The fourth-order valence-electron chi connectivity index (χ4n) is 1.72. The van der Waals surface area contributed by atoms with Crippen molar-refractivity contribution in [1.29, 1.82) is 0 Å². The Morgan fingerprint density at radius 1 is 1.35 bits per heavy atom. The minimum Gasteiger partial charge on any atom is -0.355 e. The van der Waals surface area contributed by atoms with Crippen molar-refractivity contribution in [3.05, 3.63) is 28.8 Å². The van der Waals surface area contributed by atoms with Gasteiger partial charge in [-0.3, -0.25) is 4.79 Å². The molecule has 0 fully saturated rings. The van der Waals surface area contributed by atoms with Crippen LogP contribution in [-0.2, 0) is 21.0 Å². The number of benzene rings is 1. The number of rotatable bonds is 6. The van der Waals surface area contributed by atoms with Gasteiger partial charge in [0.1, 0.15) is 0 Å². The first kappa shape index (κ1) is 19.7. The summed E-state index contributed by atoms with van der Waals surface area (Å²) >= 11 is 5.52. The average molecular weight is 373 g/mol. The molecule has 5 nitrogen and oxygen atoms in total. The SMILES string of the molecule is CCCNC(=O)CN(C)S(=O)(=O)c1ccc(Cl)cc1C(F)(F)F. The molecule has 0 aliphatic rings. The number of amides is 1. The molecule has 10 heteroatoms. The summed E-state index contributed by atoms with van der Waals surface area (Å²) in [5.74, 6) is -0.597. The van der Waals surface area contributed by atoms with Gasteiger partial charge in [-0.2, -0.15) is 17.5 Å². The van der Waals surface area contributed by atoms with E-state index in [9.17, 15) is 26.4 Å². The van der Waals surface area contributed by atoms with E-state index >= 15 is 0 Å². The number of alkyl halides is 3. The van der Waals surface area contributed by atoms with Gasteiger partial charge in [0.15, 0.2) is 0 Å². The van der Waals surface area contributed by atoms with Crippen molar-refractivity contribution in [3.8, 4) is 0 Å². The molecule has 1 rings (SSSR count). The van der Waals surface area contributed by atoms with Gasteiger partial charge in [0.05, 0.1) is 17.0 Å². The lowest BCUT2D eigenvalue weighted by atomic mass is 10.2. The van der Waals surface area contributed by atoms with Crippen LogP contribution in [0.2, 0.25) is 5.02 Å². The Labute approximate surface area is 137 Å². The van der Waals surface area contributed by atoms with Crippen LogP contribution >= 0.6 is 11.6 Å². The number of hydrogen-bond acceptors (Lipinski definition) is 3. The number of nitrogens with one attached hydrogen (secondary N) is 1. The molecule has 0 saturated carbocycles. The molecule has 1 N–H and O–H groups in total. The number of carbonyl (C=O) groups excluding carboxylic acids is 1. The monoisotopic (exact) mass is 372 g/mol. The van der Waals surface area contributed by atoms with Gasteiger partial charge in [-0.25, -0.2) is 8.42 Å². The van der Waals surface area contributed by atoms with Gasteiger partial charge in [0.25, 0.3) is 0 Å². The molecule has 0 bridgehead atoms. The zero-order valence-electron chi connectivity index (χ0n) is 12.4. The van der Waals surface area contributed by atoms with Crippen LogP contribution < -0.4 is 5.32 Å². The summed E-state index contributed by atoms with van der Waals surface area (Å²) in [6, 6.07) is 2.37. The topological polar surface area (TPSA) is 66.5 Å². The molecule has 0 aliphatic carbocycles. The summed E-state index contributed by atoms with van der Waals surface area (Å²) in [4.78, 5) is 10.6. The smallest absolute Gasteiger partial charge is 0.355 e. The van der Waals surface area contributed by atoms with Crippen molar-refractivity contribution in [1.82, 2.24) is 9.62 Å². The van der Waals surface area contributed by atoms with E-state index in [1.807, 2.05) is 6.92 Å². The summed E-state index contributed by atoms with van der Waals surface area (Å²) in [6.45, 7) is 1.58. The van der Waals surface area contributed by atoms with Gasteiger partial charge >= 0.3 is 6.18 Å². The van der Waals surface area contributed by atoms with E-state index in [0.717, 1.165) is 19.2 Å². The van der Waals surface area contributed by atoms with E-state index in [1.54, 1.807) is 0 Å². The van der Waals surface area contributed by atoms with E-state index in [1.165, 1.54) is 0 Å². The van der Waals surface area contributed by atoms with Gasteiger partial charge in [0.2, 0.25) is 15.9 Å². The predicted octanol–water partition coefficient (Wildman–Crippen LogP) is 2.51. The molecule has 0 unspecified atom stereocenters. The quantitative estimate of drug-likeness (QED) is 0.834. The molecule has 0 saturated heterocycles. The highest BCUT2D eigenvalue weighted by Gasteiger charge is 2.38. The molecule has 0 atom stereocenters. The molecule has 1 amide bonds. The van der Waals surface area contributed by atoms with E-state index in [2.05, 4.69) is 5.32 Å². The fourth-order valence-corrected chi connectivity index (χ4v) is 3.21. The first-order valence-corrected chi connectivity index (χ1v) is 8.41. The van der Waals surface area contributed by atoms with Crippen LogP contribution in [0.3, 0.4) is 0 Å². The summed E-state index contributed by atoms with van der Waals surface area (Å²) in [5, 5.41) is 2.22. The van der Waals surface area contributed by atoms with Gasteiger partial charge in [-0.15, -0.1) is 0 Å². The number of carbonyl (C=O) groups is 1. The second-order valence-electron chi connectivity index (χ2n) is 4.75. The van der Waals surface area contributed by atoms with Gasteiger partial charge in [0, 0.05) is 18.6 Å². The third kappa shape index (κ3) is 5.08. The van der Waals surface area contributed by atoms with Gasteiger partial charge < -0.3 is 5.32 Å². The highest BCUT2D eigenvalue weighted by molar-refractivity contribution is 7.89. The zero-order valence-corrected chi connectivity index (χ0v) is 14.0. The minimum atomic E-state index is -4.89. The number of halogens is 4. The second kappa shape index (κ2) is 7.50. The normalized spacial score (nSPS) is 12.5. The molecular weight excluding hydrogens is 357 g/mol. The van der Waals surface area contributed by atoms with Crippen molar-refractivity contribution < 1.29 is 26.4 Å². The first-order chi connectivity index (χ1) is 10.5. The maximum Gasteiger partial charge on any atom is 0.417 e. The summed E-state index contributed by atoms with van der Waals surface area (Å²) in [6.07, 6.45) is -4.24. The standard InChI is InChI=1S/C13H16ClF3N2O3S/c1-3-6-18-12(20)8-19(2)23(21,22)11-5-4-9(14)7-10(11)13(15,16)17/h4-5,7H,3,6,8H2,1-2H3,(H,18,20). The molecule has 0 aromatic heterocycles. The Bertz CT molecular complexity index is 678. The Morgan fingerprint density at radius 3 is 2.48 bits per heavy atom. The zero-order chi connectivity index (χ0) is 17.8. The highest BCUT2D eigenvalue weighted by atomic mass is 35.5. The number of hydrogen-bond donors (Lipinski definition) is 1. The molecule has 0 radical (unpaired) electrons. The summed E-state index contributed by atoms with van der Waals surface area (Å²) < 4.78 is 64.3. The highest BCUT2D eigenvalue weighted by Crippen LogP contribution is 2.36. The average Bonchev–Trinajstić information content (AvgIpc) is 2.43. The molecular formula is C13H16ClF3N2O3S. The predicted molar refractivity (Wildman–Crippen MR) is 79.6 cm³/mol. The maximum absolute atomic E-state index is 13.0. The third-order valence-corrected chi connectivity index (χ3v) is 4.97. The summed E-state index contributed by atoms with van der Waals surface area (Å²) in [5.41, 5.74) is -1.37. The maximum atomic E-state index is 13.0. The molecule has 130 valence electrons. The van der Waals surface area contributed by atoms with Gasteiger partial charge in [-0.1, -0.05) is 18.5 Å². The van der Waals surface area contributed by atoms with Crippen LogP contribution in [0.25, 0.3) is 0 Å². The van der Waals surface area contributed by atoms with Crippen LogP contribution in [0, 0.1) is 0 Å². The van der Waals surface area contributed by atoms with Gasteiger partial charge in [-0.05, 0) is 24.6 Å². The van der Waals surface area contributed by atoms with Crippen molar-refractivity contribution in [2.75, 3.05) is 20.1 Å². The lowest BCUT2D eigenvalue weighted by Gasteiger charge is -2.20. The number of nitrogens with zero attached hydrogens (tertiary/aromatic N) is 1. The number of likely N-dealkylation sites (N-methyl/N-ethyl adjacent to an activating group) is 1. The molecule has 1 aromatic carbocycles. The summed E-state index contributed by atoms with van der Waals surface area (Å²) in [7, 11) is -3.46.